The second-order valence-corrected chi connectivity index (χ2v) is 8.51. The molecule has 0 spiro atoms. The van der Waals surface area contributed by atoms with E-state index in [0.717, 1.165) is 38.1 Å². The minimum atomic E-state index is 0. The van der Waals surface area contributed by atoms with Crippen LogP contribution in [-0.4, -0.2) is 56.7 Å². The van der Waals surface area contributed by atoms with Gasteiger partial charge in [0.1, 0.15) is 0 Å². The highest BCUT2D eigenvalue weighted by molar-refractivity contribution is 14.0. The molecular weight excluding hydrogens is 473 g/mol. The van der Waals surface area contributed by atoms with Crippen LogP contribution in [0.1, 0.15) is 37.7 Å². The number of rotatable bonds is 6. The van der Waals surface area contributed by atoms with E-state index in [1.165, 1.54) is 56.4 Å². The van der Waals surface area contributed by atoms with Crippen molar-refractivity contribution in [3.63, 3.8) is 0 Å². The topological polar surface area (TPSA) is 42.9 Å². The van der Waals surface area contributed by atoms with Gasteiger partial charge < -0.3 is 20.4 Å². The van der Waals surface area contributed by atoms with Crippen LogP contribution in [0, 0.1) is 5.92 Å². The van der Waals surface area contributed by atoms with E-state index in [2.05, 4.69) is 61.8 Å². The summed E-state index contributed by atoms with van der Waals surface area (Å²) in [6, 6.07) is 9.38. The summed E-state index contributed by atoms with van der Waals surface area (Å²) in [5.74, 6) is 1.86. The number of guanidine groups is 1. The van der Waals surface area contributed by atoms with Crippen molar-refractivity contribution in [2.24, 2.45) is 10.9 Å². The fourth-order valence-electron chi connectivity index (χ4n) is 4.76. The van der Waals surface area contributed by atoms with Gasteiger partial charge in [0.25, 0.3) is 0 Å². The van der Waals surface area contributed by atoms with Crippen molar-refractivity contribution >= 4 is 35.6 Å². The Balaban J connectivity index is 0.00000240. The molecule has 6 heteroatoms. The monoisotopic (exact) mass is 509 g/mol. The number of hydrogen-bond acceptors (Lipinski definition) is 3. The molecule has 1 aliphatic carbocycles. The normalized spacial score (nSPS) is 22.9. The zero-order valence-electron chi connectivity index (χ0n) is 17.6. The molecule has 4 rings (SSSR count). The molecule has 0 radical (unpaired) electrons. The van der Waals surface area contributed by atoms with Crippen molar-refractivity contribution in [1.82, 2.24) is 15.5 Å². The number of anilines is 1. The summed E-state index contributed by atoms with van der Waals surface area (Å²) in [5, 5.41) is 7.11. The summed E-state index contributed by atoms with van der Waals surface area (Å²) < 4.78 is 0. The Morgan fingerprint density at radius 2 is 1.79 bits per heavy atom. The van der Waals surface area contributed by atoms with Crippen molar-refractivity contribution in [2.45, 2.75) is 44.7 Å². The predicted octanol–water partition coefficient (Wildman–Crippen LogP) is 3.61. The van der Waals surface area contributed by atoms with Gasteiger partial charge in [-0.1, -0.05) is 37.1 Å². The van der Waals surface area contributed by atoms with Crippen LogP contribution in [0.5, 0.6) is 0 Å². The van der Waals surface area contributed by atoms with Gasteiger partial charge in [0.05, 0.1) is 0 Å². The highest BCUT2D eigenvalue weighted by Crippen LogP contribution is 2.26. The van der Waals surface area contributed by atoms with Gasteiger partial charge in [-0.15, -0.1) is 24.0 Å². The van der Waals surface area contributed by atoms with Crippen molar-refractivity contribution < 1.29 is 0 Å². The molecule has 3 aliphatic rings. The quantitative estimate of drug-likeness (QED) is 0.266. The number of nitrogens with one attached hydrogen (secondary N) is 2. The van der Waals surface area contributed by atoms with Crippen LogP contribution >= 0.6 is 24.0 Å². The van der Waals surface area contributed by atoms with Crippen LogP contribution in [0.15, 0.2) is 41.4 Å². The van der Waals surface area contributed by atoms with E-state index < -0.39 is 0 Å². The number of halogens is 1. The van der Waals surface area contributed by atoms with E-state index in [1.54, 1.807) is 0 Å². The van der Waals surface area contributed by atoms with Crippen molar-refractivity contribution in [2.75, 3.05) is 44.7 Å². The third-order valence-electron chi connectivity index (χ3n) is 6.41. The van der Waals surface area contributed by atoms with Gasteiger partial charge in [0.15, 0.2) is 5.96 Å². The Hall–Kier alpha value is -1.28. The number of benzene rings is 1. The molecule has 1 aromatic rings. The minimum Gasteiger partial charge on any atom is -0.364 e. The van der Waals surface area contributed by atoms with E-state index in [4.69, 9.17) is 0 Å². The number of likely N-dealkylation sites (tertiary alicyclic amines) is 1. The molecule has 160 valence electrons. The summed E-state index contributed by atoms with van der Waals surface area (Å²) in [4.78, 5) is 9.45. The lowest BCUT2D eigenvalue weighted by atomic mass is 10.1. The van der Waals surface area contributed by atoms with Crippen LogP contribution in [0.25, 0.3) is 0 Å². The van der Waals surface area contributed by atoms with E-state index in [9.17, 15) is 0 Å². The second kappa shape index (κ2) is 11.2. The van der Waals surface area contributed by atoms with Crippen LogP contribution in [0.2, 0.25) is 0 Å². The highest BCUT2D eigenvalue weighted by Gasteiger charge is 2.26. The van der Waals surface area contributed by atoms with Gasteiger partial charge in [0, 0.05) is 58.0 Å². The Morgan fingerprint density at radius 3 is 2.48 bits per heavy atom. The first-order valence-electron chi connectivity index (χ1n) is 11.0. The van der Waals surface area contributed by atoms with Gasteiger partial charge in [-0.2, -0.15) is 0 Å². The SMILES string of the molecule is CN=C(NCc1ccc(N2CC=CC2)cc1)NC1CCN(CC2CCCC2)C1.I. The van der Waals surface area contributed by atoms with Gasteiger partial charge in [-0.05, 0) is 42.9 Å². The third-order valence-corrected chi connectivity index (χ3v) is 6.41. The Labute approximate surface area is 193 Å². The van der Waals surface area contributed by atoms with Crippen LogP contribution in [0.3, 0.4) is 0 Å². The molecule has 2 aliphatic heterocycles. The van der Waals surface area contributed by atoms with E-state index in [0.29, 0.717) is 6.04 Å². The summed E-state index contributed by atoms with van der Waals surface area (Å²) in [6.07, 6.45) is 11.4. The first-order chi connectivity index (χ1) is 13.8. The lowest BCUT2D eigenvalue weighted by Gasteiger charge is -2.21. The average Bonchev–Trinajstić information content (AvgIpc) is 3.49. The maximum Gasteiger partial charge on any atom is 0.191 e. The summed E-state index contributed by atoms with van der Waals surface area (Å²) >= 11 is 0. The molecule has 1 saturated heterocycles. The van der Waals surface area contributed by atoms with Crippen molar-refractivity contribution in [3.05, 3.63) is 42.0 Å². The van der Waals surface area contributed by atoms with E-state index in [-0.39, 0.29) is 24.0 Å². The van der Waals surface area contributed by atoms with Crippen LogP contribution in [-0.2, 0) is 6.54 Å². The van der Waals surface area contributed by atoms with Crippen molar-refractivity contribution in [3.8, 4) is 0 Å². The predicted molar refractivity (Wildman–Crippen MR) is 133 cm³/mol. The lowest BCUT2D eigenvalue weighted by molar-refractivity contribution is 0.275. The second-order valence-electron chi connectivity index (χ2n) is 8.51. The highest BCUT2D eigenvalue weighted by atomic mass is 127. The molecule has 0 bridgehead atoms. The van der Waals surface area contributed by atoms with E-state index >= 15 is 0 Å². The summed E-state index contributed by atoms with van der Waals surface area (Å²) in [5.41, 5.74) is 2.58. The standard InChI is InChI=1S/C23H35N5.HI/c1-24-23(26-21-12-15-27(18-21)17-20-6-2-3-7-20)25-16-19-8-10-22(11-9-19)28-13-4-5-14-28;/h4-5,8-11,20-21H,2-3,6-7,12-18H2,1H3,(H2,24,25,26);1H. The molecule has 1 atom stereocenters. The van der Waals surface area contributed by atoms with Crippen LogP contribution in [0.4, 0.5) is 5.69 Å². The molecule has 0 amide bonds. The zero-order chi connectivity index (χ0) is 19.2. The summed E-state index contributed by atoms with van der Waals surface area (Å²) in [7, 11) is 1.87. The Morgan fingerprint density at radius 1 is 1.07 bits per heavy atom. The molecular formula is C23H36IN5. The minimum absolute atomic E-state index is 0. The van der Waals surface area contributed by atoms with Gasteiger partial charge >= 0.3 is 0 Å². The number of hydrogen-bond donors (Lipinski definition) is 2. The van der Waals surface area contributed by atoms with Gasteiger partial charge in [-0.25, -0.2) is 0 Å². The fourth-order valence-corrected chi connectivity index (χ4v) is 4.76. The largest absolute Gasteiger partial charge is 0.364 e. The van der Waals surface area contributed by atoms with Crippen molar-refractivity contribution in [1.29, 1.82) is 0 Å². The number of aliphatic imine (C=N–C) groups is 1. The van der Waals surface area contributed by atoms with E-state index in [1.807, 2.05) is 7.05 Å². The number of nitrogens with zero attached hydrogens (tertiary/aromatic N) is 3. The maximum absolute atomic E-state index is 4.43. The first-order valence-corrected chi connectivity index (χ1v) is 11.0. The maximum atomic E-state index is 4.43. The molecule has 2 N–H and O–H groups in total. The molecule has 1 saturated carbocycles. The zero-order valence-corrected chi connectivity index (χ0v) is 20.0. The third kappa shape index (κ3) is 6.35. The van der Waals surface area contributed by atoms with Gasteiger partial charge in [-0.3, -0.25) is 4.99 Å². The lowest BCUT2D eigenvalue weighted by Crippen LogP contribution is -2.44. The summed E-state index contributed by atoms with van der Waals surface area (Å²) in [6.45, 7) is 6.51. The Kier molecular flexibility index (Phi) is 8.66. The molecule has 1 aromatic carbocycles. The molecule has 1 unspecified atom stereocenters. The van der Waals surface area contributed by atoms with Gasteiger partial charge in [0.2, 0.25) is 0 Å². The smallest absolute Gasteiger partial charge is 0.191 e. The van der Waals surface area contributed by atoms with Crippen LogP contribution < -0.4 is 15.5 Å². The molecule has 0 aromatic heterocycles. The average molecular weight is 509 g/mol. The molecule has 2 heterocycles. The Bertz CT molecular complexity index is 673. The molecule has 29 heavy (non-hydrogen) atoms. The first kappa shape index (κ1) is 22.4. The molecule has 5 nitrogen and oxygen atoms in total. The fraction of sp³-hybridized carbons (Fsp3) is 0.609. The molecule has 2 fully saturated rings.